The molecule has 25 heavy (non-hydrogen) atoms. The van der Waals surface area contributed by atoms with E-state index in [1.165, 1.54) is 35.3 Å². The third-order valence-corrected chi connectivity index (χ3v) is 5.66. The van der Waals surface area contributed by atoms with E-state index >= 15 is 0 Å². The Morgan fingerprint density at radius 3 is 2.88 bits per heavy atom. The van der Waals surface area contributed by atoms with Crippen molar-refractivity contribution in [2.24, 2.45) is 5.92 Å². The highest BCUT2D eigenvalue weighted by molar-refractivity contribution is 7.13. The van der Waals surface area contributed by atoms with Gasteiger partial charge in [0.25, 0.3) is 5.56 Å². The molecule has 6 nitrogen and oxygen atoms in total. The smallest absolute Gasteiger partial charge is 0.290 e. The van der Waals surface area contributed by atoms with E-state index in [1.807, 2.05) is 17.5 Å². The van der Waals surface area contributed by atoms with Crippen LogP contribution in [0.25, 0.3) is 10.6 Å². The molecule has 1 fully saturated rings. The number of amides is 1. The molecule has 1 unspecified atom stereocenters. The summed E-state index contributed by atoms with van der Waals surface area (Å²) in [6.45, 7) is 2.35. The van der Waals surface area contributed by atoms with Gasteiger partial charge in [-0.3, -0.25) is 9.59 Å². The third kappa shape index (κ3) is 4.10. The molecule has 0 aliphatic heterocycles. The highest BCUT2D eigenvalue weighted by Crippen LogP contribution is 2.24. The van der Waals surface area contributed by atoms with Gasteiger partial charge in [0.2, 0.25) is 5.91 Å². The quantitative estimate of drug-likeness (QED) is 0.858. The number of carbonyl (C=O) groups excluding carboxylic acids is 1. The molecule has 2 aromatic rings. The van der Waals surface area contributed by atoms with Crippen LogP contribution in [0, 0.1) is 5.92 Å². The average Bonchev–Trinajstić information content (AvgIpc) is 3.17. The van der Waals surface area contributed by atoms with Crippen molar-refractivity contribution >= 4 is 22.9 Å². The fraction of sp³-hybridized carbons (Fsp3) is 0.500. The number of anilines is 1. The summed E-state index contributed by atoms with van der Waals surface area (Å²) in [6.07, 6.45) is 6.07. The fourth-order valence-corrected chi connectivity index (χ4v) is 3.92. The van der Waals surface area contributed by atoms with Gasteiger partial charge in [0.05, 0.1) is 4.88 Å². The highest BCUT2D eigenvalue weighted by Gasteiger charge is 2.21. The minimum Gasteiger partial charge on any atom is -0.394 e. The molecule has 0 aromatic carbocycles. The number of nitrogens with zero attached hydrogens (tertiary/aromatic N) is 2. The molecule has 7 heteroatoms. The summed E-state index contributed by atoms with van der Waals surface area (Å²) >= 11 is 1.51. The first-order valence-corrected chi connectivity index (χ1v) is 9.65. The van der Waals surface area contributed by atoms with Crippen LogP contribution < -0.4 is 16.6 Å². The van der Waals surface area contributed by atoms with Crippen molar-refractivity contribution in [3.63, 3.8) is 0 Å². The third-order valence-electron chi connectivity index (χ3n) is 4.77. The summed E-state index contributed by atoms with van der Waals surface area (Å²) < 4.78 is 1.20. The average molecular weight is 360 g/mol. The molecule has 1 aliphatic carbocycles. The minimum atomic E-state index is -0.696. The molecule has 3 rings (SSSR count). The van der Waals surface area contributed by atoms with Crippen molar-refractivity contribution in [1.82, 2.24) is 15.1 Å². The largest absolute Gasteiger partial charge is 0.394 e. The van der Waals surface area contributed by atoms with E-state index in [1.54, 1.807) is 13.0 Å². The SMILES string of the molecule is CC(C(=O)NCC1CCCCC1)n1nc(-c2cccs2)cc(N)c1=O. The first kappa shape index (κ1) is 17.7. The van der Waals surface area contributed by atoms with Gasteiger partial charge in [-0.1, -0.05) is 25.3 Å². The first-order chi connectivity index (χ1) is 12.1. The van der Waals surface area contributed by atoms with Crippen LogP contribution in [-0.4, -0.2) is 22.2 Å². The lowest BCUT2D eigenvalue weighted by Gasteiger charge is -2.23. The monoisotopic (exact) mass is 360 g/mol. The summed E-state index contributed by atoms with van der Waals surface area (Å²) in [5, 5.41) is 9.27. The number of nitrogens with two attached hydrogens (primary N) is 1. The maximum Gasteiger partial charge on any atom is 0.290 e. The van der Waals surface area contributed by atoms with Gasteiger partial charge in [-0.2, -0.15) is 5.10 Å². The molecule has 2 heterocycles. The number of nitrogens with one attached hydrogen (secondary N) is 1. The van der Waals surface area contributed by atoms with Crippen LogP contribution in [0.1, 0.15) is 45.1 Å². The van der Waals surface area contributed by atoms with Gasteiger partial charge in [-0.15, -0.1) is 11.3 Å². The molecule has 1 atom stereocenters. The van der Waals surface area contributed by atoms with Crippen LogP contribution in [-0.2, 0) is 4.79 Å². The lowest BCUT2D eigenvalue weighted by Crippen LogP contribution is -2.39. The Balaban J connectivity index is 1.75. The normalized spacial score (nSPS) is 16.5. The van der Waals surface area contributed by atoms with Gasteiger partial charge in [-0.25, -0.2) is 4.68 Å². The Kier molecular flexibility index (Phi) is 5.53. The summed E-state index contributed by atoms with van der Waals surface area (Å²) in [6, 6.07) is 4.69. The molecule has 0 bridgehead atoms. The second-order valence-electron chi connectivity index (χ2n) is 6.64. The van der Waals surface area contributed by atoms with Gasteiger partial charge in [-0.05, 0) is 43.2 Å². The van der Waals surface area contributed by atoms with Crippen LogP contribution in [0.2, 0.25) is 0 Å². The second kappa shape index (κ2) is 7.82. The molecule has 1 aliphatic rings. The Morgan fingerprint density at radius 1 is 1.44 bits per heavy atom. The summed E-state index contributed by atoms with van der Waals surface area (Å²) in [7, 11) is 0. The molecular weight excluding hydrogens is 336 g/mol. The molecular formula is C18H24N4O2S. The maximum atomic E-state index is 12.5. The van der Waals surface area contributed by atoms with E-state index in [4.69, 9.17) is 5.73 Å². The van der Waals surface area contributed by atoms with Gasteiger partial charge < -0.3 is 11.1 Å². The lowest BCUT2D eigenvalue weighted by atomic mass is 9.89. The molecule has 134 valence electrons. The number of nitrogen functional groups attached to an aromatic ring is 1. The number of aromatic nitrogens is 2. The molecule has 1 amide bonds. The number of rotatable bonds is 5. The second-order valence-corrected chi connectivity index (χ2v) is 7.58. The summed E-state index contributed by atoms with van der Waals surface area (Å²) in [5.74, 6) is 0.347. The maximum absolute atomic E-state index is 12.5. The zero-order valence-corrected chi connectivity index (χ0v) is 15.2. The van der Waals surface area contributed by atoms with E-state index in [9.17, 15) is 9.59 Å². The highest BCUT2D eigenvalue weighted by atomic mass is 32.1. The van der Waals surface area contributed by atoms with Gasteiger partial charge >= 0.3 is 0 Å². The number of hydrogen-bond acceptors (Lipinski definition) is 5. The standard InChI is InChI=1S/C18H24N4O2S/c1-12(17(23)20-11-13-6-3-2-4-7-13)22-18(24)14(19)10-15(21-22)16-8-5-9-25-16/h5,8-10,12-13H,2-4,6-7,11,19H2,1H3,(H,20,23). The predicted octanol–water partition coefficient (Wildman–Crippen LogP) is 2.81. The molecule has 3 N–H and O–H groups in total. The van der Waals surface area contributed by atoms with E-state index in [0.29, 0.717) is 18.2 Å². The summed E-state index contributed by atoms with van der Waals surface area (Å²) in [5.41, 5.74) is 6.14. The van der Waals surface area contributed by atoms with Crippen molar-refractivity contribution in [1.29, 1.82) is 0 Å². The van der Waals surface area contributed by atoms with Crippen molar-refractivity contribution in [3.05, 3.63) is 33.9 Å². The van der Waals surface area contributed by atoms with Crippen LogP contribution in [0.3, 0.4) is 0 Å². The fourth-order valence-electron chi connectivity index (χ4n) is 3.23. The zero-order valence-electron chi connectivity index (χ0n) is 14.4. The Hall–Kier alpha value is -2.15. The van der Waals surface area contributed by atoms with Crippen LogP contribution in [0.4, 0.5) is 5.69 Å². The van der Waals surface area contributed by atoms with E-state index < -0.39 is 11.6 Å². The van der Waals surface area contributed by atoms with Gasteiger partial charge in [0.1, 0.15) is 17.4 Å². The van der Waals surface area contributed by atoms with E-state index in [0.717, 1.165) is 17.7 Å². The first-order valence-electron chi connectivity index (χ1n) is 8.77. The Bertz CT molecular complexity index is 779. The van der Waals surface area contributed by atoms with Crippen LogP contribution in [0.5, 0.6) is 0 Å². The van der Waals surface area contributed by atoms with Crippen molar-refractivity contribution in [3.8, 4) is 10.6 Å². The van der Waals surface area contributed by atoms with Crippen molar-refractivity contribution in [2.75, 3.05) is 12.3 Å². The minimum absolute atomic E-state index is 0.102. The lowest BCUT2D eigenvalue weighted by molar-refractivity contribution is -0.124. The molecule has 0 spiro atoms. The molecule has 1 saturated carbocycles. The topological polar surface area (TPSA) is 90.0 Å². The Labute approximate surface area is 151 Å². The van der Waals surface area contributed by atoms with Crippen LogP contribution >= 0.6 is 11.3 Å². The van der Waals surface area contributed by atoms with Gasteiger partial charge in [0.15, 0.2) is 0 Å². The summed E-state index contributed by atoms with van der Waals surface area (Å²) in [4.78, 5) is 25.8. The van der Waals surface area contributed by atoms with Crippen molar-refractivity contribution < 1.29 is 4.79 Å². The van der Waals surface area contributed by atoms with Crippen LogP contribution in [0.15, 0.2) is 28.4 Å². The number of hydrogen-bond donors (Lipinski definition) is 2. The van der Waals surface area contributed by atoms with Crippen molar-refractivity contribution in [2.45, 2.75) is 45.1 Å². The Morgan fingerprint density at radius 2 is 2.20 bits per heavy atom. The molecule has 0 radical (unpaired) electrons. The molecule has 2 aromatic heterocycles. The number of carbonyl (C=O) groups is 1. The number of thiophene rings is 1. The van der Waals surface area contributed by atoms with Gasteiger partial charge in [0, 0.05) is 6.54 Å². The van der Waals surface area contributed by atoms with E-state index in [-0.39, 0.29) is 11.6 Å². The van der Waals surface area contributed by atoms with E-state index in [2.05, 4.69) is 10.4 Å². The predicted molar refractivity (Wildman–Crippen MR) is 101 cm³/mol. The zero-order chi connectivity index (χ0) is 17.8. The molecule has 0 saturated heterocycles.